The quantitative estimate of drug-likeness (QED) is 0.813. The van der Waals surface area contributed by atoms with Crippen molar-refractivity contribution in [3.05, 3.63) is 28.8 Å². The van der Waals surface area contributed by atoms with Crippen LogP contribution in [-0.4, -0.2) is 30.6 Å². The average Bonchev–Trinajstić information content (AvgIpc) is 2.96. The molecule has 0 bridgehead atoms. The summed E-state index contributed by atoms with van der Waals surface area (Å²) in [4.78, 5) is 12.1. The number of amides is 1. The van der Waals surface area contributed by atoms with Crippen LogP contribution < -0.4 is 10.1 Å². The highest BCUT2D eigenvalue weighted by Crippen LogP contribution is 2.29. The van der Waals surface area contributed by atoms with E-state index in [1.54, 1.807) is 25.3 Å². The second kappa shape index (κ2) is 7.79. The van der Waals surface area contributed by atoms with Gasteiger partial charge in [0.15, 0.2) is 0 Å². The number of thioether (sulfide) groups is 1. The third kappa shape index (κ3) is 4.32. The summed E-state index contributed by atoms with van der Waals surface area (Å²) in [6.07, 6.45) is 5.34. The average molecular weight is 314 g/mol. The Morgan fingerprint density at radius 2 is 2.20 bits per heavy atom. The molecular formula is C15H20ClNO2S. The van der Waals surface area contributed by atoms with Crippen molar-refractivity contribution >= 4 is 29.3 Å². The molecule has 1 fully saturated rings. The van der Waals surface area contributed by atoms with E-state index >= 15 is 0 Å². The molecule has 1 saturated carbocycles. The molecule has 3 nitrogen and oxygen atoms in total. The van der Waals surface area contributed by atoms with Crippen LogP contribution in [0.15, 0.2) is 18.2 Å². The molecule has 1 amide bonds. The summed E-state index contributed by atoms with van der Waals surface area (Å²) < 4.78 is 5.18. The number of nitrogens with one attached hydrogen (secondary N) is 1. The Morgan fingerprint density at radius 1 is 1.45 bits per heavy atom. The van der Waals surface area contributed by atoms with Crippen molar-refractivity contribution in [3.63, 3.8) is 0 Å². The first-order valence-electron chi connectivity index (χ1n) is 6.94. The van der Waals surface area contributed by atoms with Crippen molar-refractivity contribution < 1.29 is 9.53 Å². The summed E-state index contributed by atoms with van der Waals surface area (Å²) in [6, 6.07) is 5.07. The van der Waals surface area contributed by atoms with Crippen LogP contribution in [0.4, 0.5) is 0 Å². The zero-order chi connectivity index (χ0) is 14.4. The number of carbonyl (C=O) groups excluding carboxylic acids is 1. The van der Waals surface area contributed by atoms with Gasteiger partial charge in [0.25, 0.3) is 5.91 Å². The van der Waals surface area contributed by atoms with Gasteiger partial charge in [-0.25, -0.2) is 0 Å². The molecular weight excluding hydrogens is 294 g/mol. The highest BCUT2D eigenvalue weighted by Gasteiger charge is 2.16. The highest BCUT2D eigenvalue weighted by molar-refractivity contribution is 7.99. The van der Waals surface area contributed by atoms with Crippen LogP contribution in [0.2, 0.25) is 5.02 Å². The van der Waals surface area contributed by atoms with Crippen LogP contribution in [0.5, 0.6) is 5.75 Å². The van der Waals surface area contributed by atoms with Gasteiger partial charge in [-0.05, 0) is 31.0 Å². The second-order valence-electron chi connectivity index (χ2n) is 4.88. The molecule has 0 heterocycles. The molecule has 0 aromatic heterocycles. The fourth-order valence-corrected chi connectivity index (χ4v) is 3.79. The van der Waals surface area contributed by atoms with Gasteiger partial charge in [0.1, 0.15) is 5.75 Å². The van der Waals surface area contributed by atoms with E-state index in [4.69, 9.17) is 16.3 Å². The summed E-state index contributed by atoms with van der Waals surface area (Å²) in [7, 11) is 1.55. The fraction of sp³-hybridized carbons (Fsp3) is 0.533. The Labute approximate surface area is 129 Å². The molecule has 1 aliphatic carbocycles. The molecule has 5 heteroatoms. The van der Waals surface area contributed by atoms with E-state index in [2.05, 4.69) is 5.32 Å². The number of rotatable bonds is 6. The Morgan fingerprint density at radius 3 is 2.90 bits per heavy atom. The number of carbonyl (C=O) groups is 1. The SMILES string of the molecule is COc1ccc(Cl)cc1C(=O)NCCSC1CCCC1. The fourth-order valence-electron chi connectivity index (χ4n) is 2.40. The topological polar surface area (TPSA) is 38.3 Å². The molecule has 1 N–H and O–H groups in total. The maximum atomic E-state index is 12.1. The molecule has 2 rings (SSSR count). The molecule has 110 valence electrons. The summed E-state index contributed by atoms with van der Waals surface area (Å²) in [6.45, 7) is 0.676. The van der Waals surface area contributed by atoms with Crippen LogP contribution in [-0.2, 0) is 0 Å². The molecule has 0 aliphatic heterocycles. The number of hydrogen-bond acceptors (Lipinski definition) is 3. The van der Waals surface area contributed by atoms with Crippen LogP contribution in [0.1, 0.15) is 36.0 Å². The summed E-state index contributed by atoms with van der Waals surface area (Å²) in [5.74, 6) is 1.38. The lowest BCUT2D eigenvalue weighted by Gasteiger charge is -2.11. The molecule has 0 spiro atoms. The van der Waals surface area contributed by atoms with E-state index in [0.29, 0.717) is 22.9 Å². The smallest absolute Gasteiger partial charge is 0.255 e. The normalized spacial score (nSPS) is 15.3. The zero-order valence-electron chi connectivity index (χ0n) is 11.7. The van der Waals surface area contributed by atoms with Gasteiger partial charge in [0.05, 0.1) is 12.7 Å². The first-order chi connectivity index (χ1) is 9.70. The Kier molecular flexibility index (Phi) is 6.05. The Bertz CT molecular complexity index is 461. The van der Waals surface area contributed by atoms with Gasteiger partial charge in [0, 0.05) is 22.6 Å². The largest absolute Gasteiger partial charge is 0.496 e. The standard InChI is InChI=1S/C15H20ClNO2S/c1-19-14-7-6-11(16)10-13(14)15(18)17-8-9-20-12-4-2-3-5-12/h6-7,10,12H,2-5,8-9H2,1H3,(H,17,18). The number of methoxy groups -OCH3 is 1. The number of hydrogen-bond donors (Lipinski definition) is 1. The Hall–Kier alpha value is -0.870. The summed E-state index contributed by atoms with van der Waals surface area (Å²) >= 11 is 7.89. The van der Waals surface area contributed by atoms with Gasteiger partial charge in [-0.15, -0.1) is 0 Å². The molecule has 0 radical (unpaired) electrons. The van der Waals surface area contributed by atoms with Crippen LogP contribution >= 0.6 is 23.4 Å². The number of benzene rings is 1. The van der Waals surface area contributed by atoms with Gasteiger partial charge in [-0.3, -0.25) is 4.79 Å². The van der Waals surface area contributed by atoms with E-state index in [9.17, 15) is 4.79 Å². The molecule has 1 aliphatic rings. The minimum absolute atomic E-state index is 0.128. The summed E-state index contributed by atoms with van der Waals surface area (Å²) in [5, 5.41) is 4.25. The Balaban J connectivity index is 1.80. The van der Waals surface area contributed by atoms with Crippen molar-refractivity contribution in [2.45, 2.75) is 30.9 Å². The zero-order valence-corrected chi connectivity index (χ0v) is 13.2. The van der Waals surface area contributed by atoms with E-state index in [0.717, 1.165) is 11.0 Å². The van der Waals surface area contributed by atoms with Crippen LogP contribution in [0, 0.1) is 0 Å². The lowest BCUT2D eigenvalue weighted by atomic mass is 10.2. The first kappa shape index (κ1) is 15.5. The van der Waals surface area contributed by atoms with Gasteiger partial charge in [-0.2, -0.15) is 11.8 Å². The predicted octanol–water partition coefficient (Wildman–Crippen LogP) is 3.75. The number of ether oxygens (including phenoxy) is 1. The third-order valence-corrected chi connectivity index (χ3v) is 5.07. The maximum Gasteiger partial charge on any atom is 0.255 e. The molecule has 0 atom stereocenters. The van der Waals surface area contributed by atoms with Crippen LogP contribution in [0.3, 0.4) is 0 Å². The molecule has 20 heavy (non-hydrogen) atoms. The lowest BCUT2D eigenvalue weighted by Crippen LogP contribution is -2.26. The van der Waals surface area contributed by atoms with Crippen molar-refractivity contribution in [2.24, 2.45) is 0 Å². The number of halogens is 1. The minimum Gasteiger partial charge on any atom is -0.496 e. The van der Waals surface area contributed by atoms with Gasteiger partial charge in [0.2, 0.25) is 0 Å². The van der Waals surface area contributed by atoms with Gasteiger partial charge in [-0.1, -0.05) is 24.4 Å². The van der Waals surface area contributed by atoms with Crippen molar-refractivity contribution in [1.29, 1.82) is 0 Å². The van der Waals surface area contributed by atoms with Crippen molar-refractivity contribution in [1.82, 2.24) is 5.32 Å². The molecule has 1 aromatic carbocycles. The predicted molar refractivity (Wildman–Crippen MR) is 85.1 cm³/mol. The third-order valence-electron chi connectivity index (χ3n) is 3.45. The van der Waals surface area contributed by atoms with E-state index in [-0.39, 0.29) is 5.91 Å². The molecule has 1 aromatic rings. The van der Waals surface area contributed by atoms with Crippen LogP contribution in [0.25, 0.3) is 0 Å². The van der Waals surface area contributed by atoms with E-state index < -0.39 is 0 Å². The minimum atomic E-state index is -0.128. The highest BCUT2D eigenvalue weighted by atomic mass is 35.5. The van der Waals surface area contributed by atoms with Crippen molar-refractivity contribution in [3.8, 4) is 5.75 Å². The maximum absolute atomic E-state index is 12.1. The molecule has 0 saturated heterocycles. The lowest BCUT2D eigenvalue weighted by molar-refractivity contribution is 0.0953. The van der Waals surface area contributed by atoms with Gasteiger partial charge >= 0.3 is 0 Å². The second-order valence-corrected chi connectivity index (χ2v) is 6.72. The van der Waals surface area contributed by atoms with E-state index in [1.807, 2.05) is 11.8 Å². The van der Waals surface area contributed by atoms with Crippen molar-refractivity contribution in [2.75, 3.05) is 19.4 Å². The first-order valence-corrected chi connectivity index (χ1v) is 8.36. The van der Waals surface area contributed by atoms with Gasteiger partial charge < -0.3 is 10.1 Å². The molecule has 0 unspecified atom stereocenters. The van der Waals surface area contributed by atoms with E-state index in [1.165, 1.54) is 25.7 Å². The summed E-state index contributed by atoms with van der Waals surface area (Å²) in [5.41, 5.74) is 0.492. The monoisotopic (exact) mass is 313 g/mol.